The van der Waals surface area contributed by atoms with Gasteiger partial charge in [0.25, 0.3) is 11.8 Å². The van der Waals surface area contributed by atoms with Crippen LogP contribution in [-0.4, -0.2) is 40.7 Å². The number of methoxy groups -OCH3 is 1. The molecule has 0 atom stereocenters. The third-order valence-corrected chi connectivity index (χ3v) is 5.99. The predicted molar refractivity (Wildman–Crippen MR) is 124 cm³/mol. The van der Waals surface area contributed by atoms with Gasteiger partial charge in [0.15, 0.2) is 0 Å². The lowest BCUT2D eigenvalue weighted by molar-refractivity contribution is 0.0995. The highest BCUT2D eigenvalue weighted by Crippen LogP contribution is 2.27. The molecule has 0 saturated carbocycles. The summed E-state index contributed by atoms with van der Waals surface area (Å²) in [6.45, 7) is 1.92. The monoisotopic (exact) mass is 447 g/mol. The van der Waals surface area contributed by atoms with Gasteiger partial charge >= 0.3 is 0 Å². The molecule has 0 aliphatic rings. The van der Waals surface area contributed by atoms with Gasteiger partial charge in [0.2, 0.25) is 0 Å². The normalized spacial score (nSPS) is 10.6. The molecule has 8 nitrogen and oxygen atoms in total. The van der Waals surface area contributed by atoms with Gasteiger partial charge in [0, 0.05) is 18.4 Å². The number of benzene rings is 2. The molecule has 0 aliphatic heterocycles. The molecule has 32 heavy (non-hydrogen) atoms. The molecule has 2 aromatic heterocycles. The van der Waals surface area contributed by atoms with Gasteiger partial charge in [0.1, 0.15) is 18.4 Å². The number of rotatable bonds is 6. The molecule has 0 aliphatic carbocycles. The van der Waals surface area contributed by atoms with Crippen LogP contribution in [0.1, 0.15) is 24.9 Å². The van der Waals surface area contributed by atoms with E-state index in [1.807, 2.05) is 37.3 Å². The maximum atomic E-state index is 13.0. The van der Waals surface area contributed by atoms with Gasteiger partial charge in [-0.1, -0.05) is 0 Å². The highest BCUT2D eigenvalue weighted by atomic mass is 32.1. The second-order valence-corrected chi connectivity index (χ2v) is 8.11. The van der Waals surface area contributed by atoms with Gasteiger partial charge < -0.3 is 15.0 Å². The van der Waals surface area contributed by atoms with Crippen molar-refractivity contribution in [1.82, 2.24) is 14.8 Å². The van der Waals surface area contributed by atoms with E-state index >= 15 is 0 Å². The van der Waals surface area contributed by atoms with E-state index in [1.165, 1.54) is 6.33 Å². The number of anilines is 2. The molecule has 0 bridgehead atoms. The number of ether oxygens (including phenoxy) is 1. The lowest BCUT2D eigenvalue weighted by Crippen LogP contribution is -2.26. The molecule has 2 aromatic carbocycles. The summed E-state index contributed by atoms with van der Waals surface area (Å²) >= 11 is 1.16. The summed E-state index contributed by atoms with van der Waals surface area (Å²) in [5.74, 6) is 0.279. The minimum absolute atomic E-state index is 0.181. The van der Waals surface area contributed by atoms with Gasteiger partial charge in [-0.3, -0.25) is 9.59 Å². The van der Waals surface area contributed by atoms with Crippen molar-refractivity contribution in [1.29, 1.82) is 0 Å². The Labute approximate surface area is 189 Å². The summed E-state index contributed by atoms with van der Waals surface area (Å²) < 4.78 is 6.85. The first-order valence-electron chi connectivity index (χ1n) is 9.75. The second kappa shape index (κ2) is 9.03. The molecular weight excluding hydrogens is 426 g/mol. The summed E-state index contributed by atoms with van der Waals surface area (Å²) in [7, 11) is 3.32. The van der Waals surface area contributed by atoms with E-state index in [0.29, 0.717) is 15.4 Å². The number of hydrogen-bond acceptors (Lipinski definition) is 6. The van der Waals surface area contributed by atoms with Crippen LogP contribution in [0.2, 0.25) is 0 Å². The van der Waals surface area contributed by atoms with Gasteiger partial charge in [-0.05, 0) is 67.1 Å². The summed E-state index contributed by atoms with van der Waals surface area (Å²) in [5.41, 5.74) is 3.18. The smallest absolute Gasteiger partial charge is 0.268 e. The highest BCUT2D eigenvalue weighted by molar-refractivity contribution is 7.16. The number of nitrogens with one attached hydrogen (secondary N) is 1. The van der Waals surface area contributed by atoms with Crippen molar-refractivity contribution in [3.63, 3.8) is 0 Å². The van der Waals surface area contributed by atoms with E-state index in [1.54, 1.807) is 54.3 Å². The number of carbonyl (C=O) groups excluding carboxylic acids is 2. The Hall–Kier alpha value is -3.98. The number of aromatic nitrogens is 3. The minimum atomic E-state index is -0.272. The molecule has 9 heteroatoms. The lowest BCUT2D eigenvalue weighted by Gasteiger charge is -2.19. The quantitative estimate of drug-likeness (QED) is 0.479. The number of thiophene rings is 1. The molecule has 4 rings (SSSR count). The Bertz CT molecular complexity index is 1250. The largest absolute Gasteiger partial charge is 0.497 e. The summed E-state index contributed by atoms with van der Waals surface area (Å²) in [6.07, 6.45) is 3.06. The van der Waals surface area contributed by atoms with Crippen LogP contribution in [0.3, 0.4) is 0 Å². The summed E-state index contributed by atoms with van der Waals surface area (Å²) in [5, 5.41) is 6.92. The molecule has 1 N–H and O–H groups in total. The van der Waals surface area contributed by atoms with Crippen LogP contribution >= 0.6 is 11.3 Å². The molecule has 0 saturated heterocycles. The number of aryl methyl sites for hydroxylation is 1. The van der Waals surface area contributed by atoms with Gasteiger partial charge in [-0.15, -0.1) is 11.3 Å². The second-order valence-electron chi connectivity index (χ2n) is 7.02. The van der Waals surface area contributed by atoms with Crippen molar-refractivity contribution in [2.45, 2.75) is 6.92 Å². The van der Waals surface area contributed by atoms with Gasteiger partial charge in [-0.25, -0.2) is 9.67 Å². The SMILES string of the molecule is COc1ccc(N(C)C(=O)c2ccc(C(=O)Nc3ccc(-n4cncn4)cc3)s2)c(C)c1. The van der Waals surface area contributed by atoms with Crippen LogP contribution in [0.5, 0.6) is 5.75 Å². The first-order valence-corrected chi connectivity index (χ1v) is 10.6. The average molecular weight is 448 g/mol. The maximum absolute atomic E-state index is 13.0. The zero-order chi connectivity index (χ0) is 22.7. The van der Waals surface area contributed by atoms with Crippen molar-refractivity contribution < 1.29 is 14.3 Å². The maximum Gasteiger partial charge on any atom is 0.268 e. The minimum Gasteiger partial charge on any atom is -0.497 e. The lowest BCUT2D eigenvalue weighted by atomic mass is 10.1. The topological polar surface area (TPSA) is 89.4 Å². The van der Waals surface area contributed by atoms with Crippen LogP contribution in [0, 0.1) is 6.92 Å². The number of amides is 2. The van der Waals surface area contributed by atoms with Crippen molar-refractivity contribution in [2.75, 3.05) is 24.4 Å². The fraction of sp³-hybridized carbons (Fsp3) is 0.130. The summed E-state index contributed by atoms with van der Waals surface area (Å²) in [4.78, 5) is 32.0. The van der Waals surface area contributed by atoms with E-state index in [9.17, 15) is 9.59 Å². The number of carbonyl (C=O) groups is 2. The van der Waals surface area contributed by atoms with Crippen molar-refractivity contribution in [3.05, 3.63) is 82.6 Å². The molecule has 0 spiro atoms. The Morgan fingerprint density at radius 1 is 1.06 bits per heavy atom. The fourth-order valence-corrected chi connectivity index (χ4v) is 4.09. The first kappa shape index (κ1) is 21.3. The van der Waals surface area contributed by atoms with E-state index in [-0.39, 0.29) is 11.8 Å². The molecule has 2 amide bonds. The van der Waals surface area contributed by atoms with Crippen molar-refractivity contribution in [2.24, 2.45) is 0 Å². The van der Waals surface area contributed by atoms with E-state index in [2.05, 4.69) is 15.4 Å². The van der Waals surface area contributed by atoms with Crippen LogP contribution in [0.25, 0.3) is 5.69 Å². The Morgan fingerprint density at radius 3 is 2.47 bits per heavy atom. The van der Waals surface area contributed by atoms with Crippen LogP contribution in [0.4, 0.5) is 11.4 Å². The molecule has 2 heterocycles. The third-order valence-electron chi connectivity index (χ3n) is 4.92. The van der Waals surface area contributed by atoms with Crippen molar-refractivity contribution >= 4 is 34.5 Å². The van der Waals surface area contributed by atoms with E-state index in [4.69, 9.17) is 4.74 Å². The zero-order valence-electron chi connectivity index (χ0n) is 17.8. The van der Waals surface area contributed by atoms with Gasteiger partial charge in [-0.2, -0.15) is 5.10 Å². The standard InChI is InChI=1S/C23H21N5O3S/c1-15-12-18(31-3)8-9-19(15)27(2)23(30)21-11-10-20(32-21)22(29)26-16-4-6-17(7-5-16)28-14-24-13-25-28/h4-14H,1-3H3,(H,26,29). The highest BCUT2D eigenvalue weighted by Gasteiger charge is 2.19. The van der Waals surface area contributed by atoms with Gasteiger partial charge in [0.05, 0.1) is 22.6 Å². The molecule has 4 aromatic rings. The van der Waals surface area contributed by atoms with Crippen LogP contribution in [-0.2, 0) is 0 Å². The average Bonchev–Trinajstić information content (AvgIpc) is 3.51. The van der Waals surface area contributed by atoms with Crippen molar-refractivity contribution in [3.8, 4) is 11.4 Å². The Balaban J connectivity index is 1.44. The third kappa shape index (κ3) is 4.37. The molecule has 0 fully saturated rings. The van der Waals surface area contributed by atoms with E-state index in [0.717, 1.165) is 34.0 Å². The number of nitrogens with zero attached hydrogens (tertiary/aromatic N) is 4. The molecule has 0 unspecified atom stereocenters. The summed E-state index contributed by atoms with van der Waals surface area (Å²) in [6, 6.07) is 16.1. The Morgan fingerprint density at radius 2 is 1.81 bits per heavy atom. The molecule has 162 valence electrons. The molecular formula is C23H21N5O3S. The van der Waals surface area contributed by atoms with Crippen LogP contribution < -0.4 is 15.0 Å². The molecule has 0 radical (unpaired) electrons. The Kier molecular flexibility index (Phi) is 6.00. The fourth-order valence-electron chi connectivity index (χ4n) is 3.21. The predicted octanol–water partition coefficient (Wildman–Crippen LogP) is 4.17. The zero-order valence-corrected chi connectivity index (χ0v) is 18.6. The van der Waals surface area contributed by atoms with Crippen LogP contribution in [0.15, 0.2) is 67.3 Å². The van der Waals surface area contributed by atoms with E-state index < -0.39 is 0 Å². The number of hydrogen-bond donors (Lipinski definition) is 1. The first-order chi connectivity index (χ1) is 15.5.